The van der Waals surface area contributed by atoms with Crippen LogP contribution >= 0.6 is 11.6 Å². The van der Waals surface area contributed by atoms with Gasteiger partial charge in [0.25, 0.3) is 5.91 Å². The minimum atomic E-state index is -0.0962. The Morgan fingerprint density at radius 3 is 2.78 bits per heavy atom. The molecule has 4 heteroatoms. The van der Waals surface area contributed by atoms with Crippen molar-refractivity contribution in [1.29, 1.82) is 0 Å². The van der Waals surface area contributed by atoms with Gasteiger partial charge in [-0.05, 0) is 49.3 Å². The molecule has 18 heavy (non-hydrogen) atoms. The second kappa shape index (κ2) is 5.29. The van der Waals surface area contributed by atoms with Crippen LogP contribution in [-0.4, -0.2) is 24.2 Å². The predicted molar refractivity (Wildman–Crippen MR) is 71.9 cm³/mol. The molecular formula is C14H18ClNO2. The fourth-order valence-corrected chi connectivity index (χ4v) is 2.21. The molecule has 2 rings (SSSR count). The summed E-state index contributed by atoms with van der Waals surface area (Å²) in [5.74, 6) is -0.0962. The SMILES string of the molecule is Cc1ccc(C(=O)NCC2(CCO)CC2)cc1Cl. The summed E-state index contributed by atoms with van der Waals surface area (Å²) in [5.41, 5.74) is 1.69. The van der Waals surface area contributed by atoms with E-state index < -0.39 is 0 Å². The molecule has 0 atom stereocenters. The van der Waals surface area contributed by atoms with Crippen LogP contribution in [0.15, 0.2) is 18.2 Å². The van der Waals surface area contributed by atoms with E-state index in [1.54, 1.807) is 12.1 Å². The van der Waals surface area contributed by atoms with Gasteiger partial charge in [-0.1, -0.05) is 17.7 Å². The van der Waals surface area contributed by atoms with Crippen LogP contribution in [0.5, 0.6) is 0 Å². The molecule has 0 bridgehead atoms. The molecule has 1 saturated carbocycles. The van der Waals surface area contributed by atoms with Crippen LogP contribution in [0.4, 0.5) is 0 Å². The standard InChI is InChI=1S/C14H18ClNO2/c1-10-2-3-11(8-12(10)15)13(18)16-9-14(4-5-14)6-7-17/h2-3,8,17H,4-7,9H2,1H3,(H,16,18). The van der Waals surface area contributed by atoms with E-state index >= 15 is 0 Å². The molecule has 1 aromatic rings. The molecule has 0 unspecified atom stereocenters. The molecule has 0 radical (unpaired) electrons. The molecule has 3 nitrogen and oxygen atoms in total. The van der Waals surface area contributed by atoms with E-state index in [0.717, 1.165) is 24.8 Å². The van der Waals surface area contributed by atoms with Crippen molar-refractivity contribution >= 4 is 17.5 Å². The lowest BCUT2D eigenvalue weighted by molar-refractivity contribution is 0.0941. The number of carbonyl (C=O) groups excluding carboxylic acids is 1. The molecule has 1 fully saturated rings. The van der Waals surface area contributed by atoms with Gasteiger partial charge in [-0.2, -0.15) is 0 Å². The first-order valence-electron chi connectivity index (χ1n) is 6.22. The van der Waals surface area contributed by atoms with E-state index in [1.165, 1.54) is 0 Å². The first kappa shape index (κ1) is 13.4. The lowest BCUT2D eigenvalue weighted by atomic mass is 10.0. The van der Waals surface area contributed by atoms with E-state index in [-0.39, 0.29) is 17.9 Å². The zero-order valence-corrected chi connectivity index (χ0v) is 11.3. The highest BCUT2D eigenvalue weighted by molar-refractivity contribution is 6.31. The van der Waals surface area contributed by atoms with Gasteiger partial charge in [-0.15, -0.1) is 0 Å². The van der Waals surface area contributed by atoms with Gasteiger partial charge in [0.15, 0.2) is 0 Å². The van der Waals surface area contributed by atoms with Gasteiger partial charge in [-0.3, -0.25) is 4.79 Å². The van der Waals surface area contributed by atoms with E-state index in [1.807, 2.05) is 13.0 Å². The van der Waals surface area contributed by atoms with Crippen molar-refractivity contribution < 1.29 is 9.90 Å². The van der Waals surface area contributed by atoms with Crippen LogP contribution in [0.2, 0.25) is 5.02 Å². The number of rotatable bonds is 5. The Morgan fingerprint density at radius 1 is 1.50 bits per heavy atom. The highest BCUT2D eigenvalue weighted by Gasteiger charge is 2.41. The highest BCUT2D eigenvalue weighted by atomic mass is 35.5. The summed E-state index contributed by atoms with van der Waals surface area (Å²) in [6.07, 6.45) is 2.94. The monoisotopic (exact) mass is 267 g/mol. The topological polar surface area (TPSA) is 49.3 Å². The van der Waals surface area contributed by atoms with Crippen molar-refractivity contribution in [3.8, 4) is 0 Å². The number of aliphatic hydroxyl groups excluding tert-OH is 1. The number of amides is 1. The van der Waals surface area contributed by atoms with Gasteiger partial charge in [-0.25, -0.2) is 0 Å². The maximum atomic E-state index is 12.0. The molecule has 98 valence electrons. The number of benzene rings is 1. The van der Waals surface area contributed by atoms with Crippen LogP contribution in [0, 0.1) is 12.3 Å². The van der Waals surface area contributed by atoms with Crippen LogP contribution < -0.4 is 5.32 Å². The molecule has 2 N–H and O–H groups in total. The summed E-state index contributed by atoms with van der Waals surface area (Å²) < 4.78 is 0. The smallest absolute Gasteiger partial charge is 0.251 e. The molecular weight excluding hydrogens is 250 g/mol. The summed E-state index contributed by atoms with van der Waals surface area (Å²) in [5, 5.41) is 12.5. The Balaban J connectivity index is 1.93. The molecule has 0 aromatic heterocycles. The fraction of sp³-hybridized carbons (Fsp3) is 0.500. The van der Waals surface area contributed by atoms with E-state index in [9.17, 15) is 4.79 Å². The summed E-state index contributed by atoms with van der Waals surface area (Å²) in [7, 11) is 0. The molecule has 1 aliphatic rings. The highest BCUT2D eigenvalue weighted by Crippen LogP contribution is 2.47. The van der Waals surface area contributed by atoms with Gasteiger partial charge >= 0.3 is 0 Å². The largest absolute Gasteiger partial charge is 0.396 e. The van der Waals surface area contributed by atoms with Crippen molar-refractivity contribution in [2.75, 3.05) is 13.2 Å². The van der Waals surface area contributed by atoms with Crippen LogP contribution in [-0.2, 0) is 0 Å². The maximum Gasteiger partial charge on any atom is 0.251 e. The molecule has 0 heterocycles. The van der Waals surface area contributed by atoms with E-state index in [4.69, 9.17) is 16.7 Å². The Labute approximate surface area is 112 Å². The third-order valence-corrected chi connectivity index (χ3v) is 4.06. The Bertz CT molecular complexity index is 455. The maximum absolute atomic E-state index is 12.0. The molecule has 1 amide bonds. The number of halogens is 1. The quantitative estimate of drug-likeness (QED) is 0.861. The van der Waals surface area contributed by atoms with Crippen molar-refractivity contribution in [2.24, 2.45) is 5.41 Å². The number of aryl methyl sites for hydroxylation is 1. The minimum absolute atomic E-state index is 0.0962. The third kappa shape index (κ3) is 3.03. The average Bonchev–Trinajstić information content (AvgIpc) is 3.11. The van der Waals surface area contributed by atoms with Gasteiger partial charge < -0.3 is 10.4 Å². The lowest BCUT2D eigenvalue weighted by Gasteiger charge is -2.14. The van der Waals surface area contributed by atoms with E-state index in [2.05, 4.69) is 5.32 Å². The second-order valence-electron chi connectivity index (χ2n) is 5.12. The zero-order chi connectivity index (χ0) is 13.2. The lowest BCUT2D eigenvalue weighted by Crippen LogP contribution is -2.30. The fourth-order valence-electron chi connectivity index (χ4n) is 2.03. The molecule has 0 saturated heterocycles. The predicted octanol–water partition coefficient (Wildman–Crippen LogP) is 2.54. The first-order valence-corrected chi connectivity index (χ1v) is 6.59. The van der Waals surface area contributed by atoms with Gasteiger partial charge in [0.2, 0.25) is 0 Å². The normalized spacial score (nSPS) is 16.4. The van der Waals surface area contributed by atoms with Crippen LogP contribution in [0.3, 0.4) is 0 Å². The molecule has 1 aromatic carbocycles. The molecule has 0 spiro atoms. The molecule has 1 aliphatic carbocycles. The third-order valence-electron chi connectivity index (χ3n) is 3.66. The second-order valence-corrected chi connectivity index (χ2v) is 5.53. The van der Waals surface area contributed by atoms with Gasteiger partial charge in [0.05, 0.1) is 0 Å². The Kier molecular flexibility index (Phi) is 3.93. The van der Waals surface area contributed by atoms with Crippen molar-refractivity contribution in [1.82, 2.24) is 5.32 Å². The van der Waals surface area contributed by atoms with Crippen molar-refractivity contribution in [2.45, 2.75) is 26.2 Å². The number of hydrogen-bond acceptors (Lipinski definition) is 2. The van der Waals surface area contributed by atoms with Crippen LogP contribution in [0.25, 0.3) is 0 Å². The zero-order valence-electron chi connectivity index (χ0n) is 10.5. The minimum Gasteiger partial charge on any atom is -0.396 e. The van der Waals surface area contributed by atoms with Crippen LogP contribution in [0.1, 0.15) is 35.2 Å². The summed E-state index contributed by atoms with van der Waals surface area (Å²) in [6, 6.07) is 5.32. The first-order chi connectivity index (χ1) is 8.56. The summed E-state index contributed by atoms with van der Waals surface area (Å²) in [4.78, 5) is 12.0. The number of hydrogen-bond donors (Lipinski definition) is 2. The van der Waals surface area contributed by atoms with Gasteiger partial charge in [0.1, 0.15) is 0 Å². The van der Waals surface area contributed by atoms with E-state index in [0.29, 0.717) is 17.1 Å². The molecule has 0 aliphatic heterocycles. The number of nitrogens with one attached hydrogen (secondary N) is 1. The Morgan fingerprint density at radius 2 is 2.22 bits per heavy atom. The Hall–Kier alpha value is -1.06. The number of carbonyl (C=O) groups is 1. The van der Waals surface area contributed by atoms with Gasteiger partial charge in [0, 0.05) is 23.7 Å². The summed E-state index contributed by atoms with van der Waals surface area (Å²) >= 11 is 6.00. The van der Waals surface area contributed by atoms with Crippen molar-refractivity contribution in [3.05, 3.63) is 34.3 Å². The number of aliphatic hydroxyl groups is 1. The van der Waals surface area contributed by atoms with Crippen molar-refractivity contribution in [3.63, 3.8) is 0 Å². The average molecular weight is 268 g/mol. The summed E-state index contributed by atoms with van der Waals surface area (Å²) in [6.45, 7) is 2.73.